The van der Waals surface area contributed by atoms with Crippen molar-refractivity contribution in [3.63, 3.8) is 0 Å². The summed E-state index contributed by atoms with van der Waals surface area (Å²) < 4.78 is 24.3. The maximum Gasteiger partial charge on any atom is 0.415 e. The maximum absolute atomic E-state index is 13.6. The van der Waals surface area contributed by atoms with Crippen LogP contribution in [-0.2, 0) is 5.41 Å². The Kier molecular flexibility index (Phi) is 7.10. The van der Waals surface area contributed by atoms with E-state index in [1.165, 1.54) is 47.6 Å². The highest BCUT2D eigenvalue weighted by Gasteiger charge is 2.48. The first-order valence-corrected chi connectivity index (χ1v) is 15.7. The van der Waals surface area contributed by atoms with E-state index < -0.39 is 28.6 Å². The molecule has 2 saturated carbocycles. The zero-order chi connectivity index (χ0) is 30.5. The Morgan fingerprint density at radius 2 is 1.93 bits per heavy atom. The minimum atomic E-state index is -0.538. The van der Waals surface area contributed by atoms with Crippen molar-refractivity contribution in [1.29, 1.82) is 5.26 Å². The number of hydrogen-bond acceptors (Lipinski definition) is 12. The van der Waals surface area contributed by atoms with Crippen LogP contribution in [-0.4, -0.2) is 73.9 Å². The number of hydrogen-bond donors (Lipinski definition) is 1. The summed E-state index contributed by atoms with van der Waals surface area (Å²) in [4.78, 5) is 32.5. The predicted molar refractivity (Wildman–Crippen MR) is 160 cm³/mol. The van der Waals surface area contributed by atoms with Crippen LogP contribution in [0.3, 0.4) is 0 Å². The third-order valence-electron chi connectivity index (χ3n) is 8.21. The standard InChI is InChI=1S/C28H26FN9O4S2/c29-16-28(7-8-28)34-44-20-13-21(22-14-31-23(37(22)15-20)24-32-33-25(43-24)27(17-30)5-6-27)35-9-11-36(12-10-35)26(39)42-19-3-1-18(2-4-19)38(40)41/h1-4,13-15,34H,5-12,16H2. The fourth-order valence-corrected chi connectivity index (χ4v) is 6.99. The summed E-state index contributed by atoms with van der Waals surface area (Å²) in [5.41, 5.74) is 0.641. The van der Waals surface area contributed by atoms with Gasteiger partial charge in [0.1, 0.15) is 22.8 Å². The van der Waals surface area contributed by atoms with E-state index in [0.717, 1.165) is 41.8 Å². The lowest BCUT2D eigenvalue weighted by Crippen LogP contribution is -2.49. The maximum atomic E-state index is 13.6. The Hall–Kier alpha value is -4.33. The number of halogens is 1. The second-order valence-electron chi connectivity index (χ2n) is 11.2. The summed E-state index contributed by atoms with van der Waals surface area (Å²) in [6, 6.07) is 9.79. The van der Waals surface area contributed by atoms with Gasteiger partial charge in [0.2, 0.25) is 0 Å². The van der Waals surface area contributed by atoms with Crippen LogP contribution in [0.5, 0.6) is 5.75 Å². The molecular formula is C28H26FN9O4S2. The molecule has 3 aliphatic rings. The number of alkyl halides is 1. The van der Waals surface area contributed by atoms with E-state index in [4.69, 9.17) is 9.72 Å². The van der Waals surface area contributed by atoms with Gasteiger partial charge in [-0.1, -0.05) is 11.3 Å². The van der Waals surface area contributed by atoms with Crippen molar-refractivity contribution >= 4 is 46.3 Å². The minimum absolute atomic E-state index is 0.0825. The van der Waals surface area contributed by atoms with E-state index in [1.54, 1.807) is 11.1 Å². The molecule has 4 aromatic rings. The third kappa shape index (κ3) is 5.31. The van der Waals surface area contributed by atoms with Crippen molar-refractivity contribution in [2.75, 3.05) is 37.8 Å². The number of amides is 1. The lowest BCUT2D eigenvalue weighted by atomic mass is 10.1. The van der Waals surface area contributed by atoms with E-state index in [1.807, 2.05) is 16.7 Å². The average molecular weight is 636 g/mol. The van der Waals surface area contributed by atoms with Gasteiger partial charge in [0.05, 0.1) is 33.9 Å². The largest absolute Gasteiger partial charge is 0.415 e. The SMILES string of the molecule is N#CC1(c2nnc(-c3ncc4c(N5CCN(C(=O)Oc6ccc([N+](=O)[O-])cc6)CC5)cc(SNC5(CF)CC5)cn34)s2)CC1. The summed E-state index contributed by atoms with van der Waals surface area (Å²) in [5.74, 6) is 0.843. The Labute approximate surface area is 258 Å². The van der Waals surface area contributed by atoms with Crippen LogP contribution in [0.4, 0.5) is 20.6 Å². The Bertz CT molecular complexity index is 1790. The van der Waals surface area contributed by atoms with Crippen molar-refractivity contribution in [3.05, 3.63) is 57.8 Å². The molecule has 1 amide bonds. The van der Waals surface area contributed by atoms with Gasteiger partial charge in [0.25, 0.3) is 5.69 Å². The van der Waals surface area contributed by atoms with Crippen LogP contribution >= 0.6 is 23.3 Å². The first-order chi connectivity index (χ1) is 21.3. The summed E-state index contributed by atoms with van der Waals surface area (Å²) >= 11 is 2.76. The van der Waals surface area contributed by atoms with Crippen LogP contribution < -0.4 is 14.4 Å². The number of piperazine rings is 1. The number of fused-ring (bicyclic) bond motifs is 1. The van der Waals surface area contributed by atoms with E-state index in [2.05, 4.69) is 25.9 Å². The summed E-state index contributed by atoms with van der Waals surface area (Å²) in [5, 5.41) is 30.5. The van der Waals surface area contributed by atoms with E-state index in [0.29, 0.717) is 42.0 Å². The van der Waals surface area contributed by atoms with Gasteiger partial charge >= 0.3 is 6.09 Å². The molecule has 1 N–H and O–H groups in total. The number of nitrogens with zero attached hydrogens (tertiary/aromatic N) is 8. The molecule has 2 aliphatic carbocycles. The highest BCUT2D eigenvalue weighted by molar-refractivity contribution is 7.97. The molecule has 4 heterocycles. The number of rotatable bonds is 9. The van der Waals surface area contributed by atoms with Crippen molar-refractivity contribution < 1.29 is 18.8 Å². The molecule has 1 saturated heterocycles. The van der Waals surface area contributed by atoms with Gasteiger partial charge in [-0.05, 0) is 55.8 Å². The number of ether oxygens (including phenoxy) is 1. The number of nitro benzene ring substituents is 1. The lowest BCUT2D eigenvalue weighted by molar-refractivity contribution is -0.384. The Morgan fingerprint density at radius 1 is 1.18 bits per heavy atom. The van der Waals surface area contributed by atoms with Gasteiger partial charge < -0.3 is 14.5 Å². The van der Waals surface area contributed by atoms with Crippen molar-refractivity contribution in [2.24, 2.45) is 0 Å². The van der Waals surface area contributed by atoms with Crippen LogP contribution in [0.2, 0.25) is 0 Å². The molecular weight excluding hydrogens is 609 g/mol. The average Bonchev–Trinajstić information content (AvgIpc) is 3.92. The van der Waals surface area contributed by atoms with E-state index in [-0.39, 0.29) is 11.4 Å². The first kappa shape index (κ1) is 28.4. The fraction of sp³-hybridized carbons (Fsp3) is 0.393. The number of non-ortho nitro benzene ring substituents is 1. The molecule has 16 heteroatoms. The summed E-state index contributed by atoms with van der Waals surface area (Å²) in [7, 11) is 0. The number of aromatic nitrogens is 4. The molecule has 13 nitrogen and oxygen atoms in total. The third-order valence-corrected chi connectivity index (χ3v) is 10.3. The quantitative estimate of drug-likeness (QED) is 0.154. The number of nitro groups is 1. The van der Waals surface area contributed by atoms with Crippen LogP contribution in [0.25, 0.3) is 16.3 Å². The number of carbonyl (C=O) groups excluding carboxylic acids is 1. The topological polar surface area (TPSA) is 155 Å². The van der Waals surface area contributed by atoms with Gasteiger partial charge in [-0.2, -0.15) is 5.26 Å². The number of pyridine rings is 1. The molecule has 3 fully saturated rings. The molecule has 3 aromatic heterocycles. The molecule has 226 valence electrons. The van der Waals surface area contributed by atoms with Crippen molar-refractivity contribution in [2.45, 2.75) is 41.5 Å². The number of nitriles is 1. The molecule has 7 rings (SSSR count). The van der Waals surface area contributed by atoms with Crippen molar-refractivity contribution in [3.8, 4) is 22.7 Å². The molecule has 1 aliphatic heterocycles. The minimum Gasteiger partial charge on any atom is -0.410 e. The summed E-state index contributed by atoms with van der Waals surface area (Å²) in [6.07, 6.45) is 6.33. The van der Waals surface area contributed by atoms with Gasteiger partial charge in [-0.3, -0.25) is 19.2 Å². The Balaban J connectivity index is 1.12. The highest BCUT2D eigenvalue weighted by atomic mass is 32.2. The normalized spacial score (nSPS) is 18.2. The monoisotopic (exact) mass is 635 g/mol. The first-order valence-electron chi connectivity index (χ1n) is 14.0. The van der Waals surface area contributed by atoms with Crippen LogP contribution in [0.15, 0.2) is 47.6 Å². The molecule has 0 atom stereocenters. The second kappa shape index (κ2) is 11.0. The van der Waals surface area contributed by atoms with Gasteiger partial charge in [0.15, 0.2) is 10.8 Å². The van der Waals surface area contributed by atoms with Gasteiger partial charge in [0, 0.05) is 49.4 Å². The zero-order valence-electron chi connectivity index (χ0n) is 23.3. The molecule has 0 radical (unpaired) electrons. The van der Waals surface area contributed by atoms with E-state index in [9.17, 15) is 24.6 Å². The lowest BCUT2D eigenvalue weighted by Gasteiger charge is -2.35. The number of benzene rings is 1. The number of nitrogens with one attached hydrogen (secondary N) is 1. The molecule has 0 spiro atoms. The van der Waals surface area contributed by atoms with Crippen molar-refractivity contribution in [1.82, 2.24) is 29.2 Å². The Morgan fingerprint density at radius 3 is 2.57 bits per heavy atom. The smallest absolute Gasteiger partial charge is 0.410 e. The number of carbonyl (C=O) groups is 1. The van der Waals surface area contributed by atoms with E-state index >= 15 is 0 Å². The molecule has 0 unspecified atom stereocenters. The summed E-state index contributed by atoms with van der Waals surface area (Å²) in [6.45, 7) is 1.41. The van der Waals surface area contributed by atoms with Gasteiger partial charge in [-0.15, -0.1) is 10.2 Å². The molecule has 0 bridgehead atoms. The number of imidazole rings is 1. The van der Waals surface area contributed by atoms with Crippen LogP contribution in [0, 0.1) is 21.4 Å². The fourth-order valence-electron chi connectivity index (χ4n) is 5.04. The predicted octanol–water partition coefficient (Wildman–Crippen LogP) is 4.74. The van der Waals surface area contributed by atoms with Gasteiger partial charge in [-0.25, -0.2) is 14.2 Å². The second-order valence-corrected chi connectivity index (χ2v) is 13.1. The number of anilines is 1. The molecule has 1 aromatic carbocycles. The zero-order valence-corrected chi connectivity index (χ0v) is 24.9. The highest BCUT2D eigenvalue weighted by Crippen LogP contribution is 2.49. The van der Waals surface area contributed by atoms with Crippen LogP contribution in [0.1, 0.15) is 30.7 Å². The molecule has 44 heavy (non-hydrogen) atoms.